The van der Waals surface area contributed by atoms with Gasteiger partial charge in [-0.1, -0.05) is 18.2 Å². The molecule has 1 aromatic carbocycles. The molecule has 20 heavy (non-hydrogen) atoms. The van der Waals surface area contributed by atoms with Crippen molar-refractivity contribution in [1.29, 1.82) is 0 Å². The third kappa shape index (κ3) is 3.02. The normalized spacial score (nSPS) is 19.7. The van der Waals surface area contributed by atoms with Crippen LogP contribution in [0.25, 0.3) is 0 Å². The van der Waals surface area contributed by atoms with Crippen LogP contribution < -0.4 is 10.2 Å². The first-order valence-corrected chi connectivity index (χ1v) is 7.66. The van der Waals surface area contributed by atoms with Crippen LogP contribution in [0.3, 0.4) is 0 Å². The first kappa shape index (κ1) is 13.6. The molecule has 4 heteroatoms. The Kier molecular flexibility index (Phi) is 4.33. The molecule has 3 rings (SSSR count). The Morgan fingerprint density at radius 1 is 1.15 bits per heavy atom. The van der Waals surface area contributed by atoms with E-state index >= 15 is 0 Å². The van der Waals surface area contributed by atoms with Gasteiger partial charge in [0.2, 0.25) is 5.91 Å². The molecule has 0 saturated carbocycles. The predicted octanol–water partition coefficient (Wildman–Crippen LogP) is 1.61. The minimum Gasteiger partial charge on any atom is -0.311 e. The van der Waals surface area contributed by atoms with Crippen molar-refractivity contribution in [2.24, 2.45) is 0 Å². The van der Waals surface area contributed by atoms with Crippen LogP contribution in [0.5, 0.6) is 0 Å². The average molecular weight is 273 g/mol. The van der Waals surface area contributed by atoms with Crippen LogP contribution in [-0.2, 0) is 11.3 Å². The lowest BCUT2D eigenvalue weighted by Crippen LogP contribution is -2.36. The fraction of sp³-hybridized carbons (Fsp3) is 0.562. The molecule has 0 aromatic heterocycles. The molecule has 0 radical (unpaired) electrons. The van der Waals surface area contributed by atoms with E-state index in [1.165, 1.54) is 18.4 Å². The predicted molar refractivity (Wildman–Crippen MR) is 80.8 cm³/mol. The van der Waals surface area contributed by atoms with Gasteiger partial charge in [-0.05, 0) is 37.6 Å². The number of amides is 1. The van der Waals surface area contributed by atoms with Crippen molar-refractivity contribution in [3.05, 3.63) is 29.8 Å². The quantitative estimate of drug-likeness (QED) is 0.909. The number of benzene rings is 1. The number of anilines is 1. The van der Waals surface area contributed by atoms with Gasteiger partial charge in [0.25, 0.3) is 0 Å². The van der Waals surface area contributed by atoms with Crippen LogP contribution in [-0.4, -0.2) is 43.5 Å². The van der Waals surface area contributed by atoms with Crippen molar-refractivity contribution in [2.45, 2.75) is 25.8 Å². The number of hydrogen-bond acceptors (Lipinski definition) is 3. The first-order valence-electron chi connectivity index (χ1n) is 7.66. The number of rotatable bonds is 3. The van der Waals surface area contributed by atoms with E-state index < -0.39 is 0 Å². The van der Waals surface area contributed by atoms with Crippen molar-refractivity contribution >= 4 is 11.6 Å². The second kappa shape index (κ2) is 6.37. The highest BCUT2D eigenvalue weighted by molar-refractivity contribution is 5.94. The Morgan fingerprint density at radius 2 is 1.95 bits per heavy atom. The van der Waals surface area contributed by atoms with E-state index in [4.69, 9.17) is 0 Å². The number of carbonyl (C=O) groups excluding carboxylic acids is 1. The maximum atomic E-state index is 12.5. The first-order chi connectivity index (χ1) is 9.84. The monoisotopic (exact) mass is 273 g/mol. The molecule has 1 N–H and O–H groups in total. The Hall–Kier alpha value is -1.39. The van der Waals surface area contributed by atoms with E-state index in [0.29, 0.717) is 6.42 Å². The molecule has 0 aliphatic carbocycles. The Balaban J connectivity index is 1.67. The Bertz CT molecular complexity index is 469. The van der Waals surface area contributed by atoms with Crippen LogP contribution in [0.2, 0.25) is 0 Å². The van der Waals surface area contributed by atoms with Crippen LogP contribution in [0.1, 0.15) is 24.8 Å². The lowest BCUT2D eigenvalue weighted by Gasteiger charge is -2.24. The maximum absolute atomic E-state index is 12.5. The molecular formula is C16H23N3O. The molecule has 2 aliphatic rings. The molecule has 0 atom stereocenters. The van der Waals surface area contributed by atoms with Gasteiger partial charge in [-0.15, -0.1) is 0 Å². The van der Waals surface area contributed by atoms with Crippen molar-refractivity contribution in [1.82, 2.24) is 10.2 Å². The number of likely N-dealkylation sites (tertiary alicyclic amines) is 1. The van der Waals surface area contributed by atoms with Gasteiger partial charge in [-0.25, -0.2) is 0 Å². The Morgan fingerprint density at radius 3 is 2.80 bits per heavy atom. The van der Waals surface area contributed by atoms with E-state index in [-0.39, 0.29) is 5.91 Å². The summed E-state index contributed by atoms with van der Waals surface area (Å²) >= 11 is 0. The topological polar surface area (TPSA) is 35.6 Å². The molecular weight excluding hydrogens is 250 g/mol. The van der Waals surface area contributed by atoms with Crippen molar-refractivity contribution in [3.63, 3.8) is 0 Å². The van der Waals surface area contributed by atoms with Gasteiger partial charge in [0, 0.05) is 38.3 Å². The summed E-state index contributed by atoms with van der Waals surface area (Å²) in [5.74, 6) is 0.257. The molecule has 2 aliphatic heterocycles. The number of nitrogens with zero attached hydrogens (tertiary/aromatic N) is 2. The molecule has 1 amide bonds. The largest absolute Gasteiger partial charge is 0.311 e. The lowest BCUT2D eigenvalue weighted by molar-refractivity contribution is -0.118. The van der Waals surface area contributed by atoms with Crippen LogP contribution in [0.4, 0.5) is 5.69 Å². The van der Waals surface area contributed by atoms with Crippen LogP contribution >= 0.6 is 0 Å². The zero-order chi connectivity index (χ0) is 13.8. The smallest absolute Gasteiger partial charge is 0.228 e. The van der Waals surface area contributed by atoms with Crippen molar-refractivity contribution in [3.8, 4) is 0 Å². The molecule has 0 unspecified atom stereocenters. The number of nitrogens with one attached hydrogen (secondary N) is 1. The summed E-state index contributed by atoms with van der Waals surface area (Å²) in [6.07, 6.45) is 3.20. The zero-order valence-electron chi connectivity index (χ0n) is 12.0. The lowest BCUT2D eigenvalue weighted by atomic mass is 10.1. The van der Waals surface area contributed by atoms with E-state index in [0.717, 1.165) is 45.0 Å². The summed E-state index contributed by atoms with van der Waals surface area (Å²) in [7, 11) is 0. The van der Waals surface area contributed by atoms with Gasteiger partial charge in [0.15, 0.2) is 0 Å². The van der Waals surface area contributed by atoms with E-state index in [1.807, 2.05) is 17.0 Å². The minimum atomic E-state index is 0.257. The van der Waals surface area contributed by atoms with E-state index in [9.17, 15) is 4.79 Å². The summed E-state index contributed by atoms with van der Waals surface area (Å²) in [6, 6.07) is 8.23. The highest BCUT2D eigenvalue weighted by atomic mass is 16.2. The zero-order valence-corrected chi connectivity index (χ0v) is 12.0. The van der Waals surface area contributed by atoms with E-state index in [1.54, 1.807) is 0 Å². The van der Waals surface area contributed by atoms with Gasteiger partial charge in [-0.2, -0.15) is 0 Å². The molecule has 2 heterocycles. The third-order valence-electron chi connectivity index (χ3n) is 4.25. The fourth-order valence-electron chi connectivity index (χ4n) is 3.11. The molecule has 0 bridgehead atoms. The molecule has 4 nitrogen and oxygen atoms in total. The second-order valence-electron chi connectivity index (χ2n) is 5.65. The number of carbonyl (C=O) groups is 1. The third-order valence-corrected chi connectivity index (χ3v) is 4.25. The highest BCUT2D eigenvalue weighted by Crippen LogP contribution is 2.23. The summed E-state index contributed by atoms with van der Waals surface area (Å²) < 4.78 is 0. The van der Waals surface area contributed by atoms with Gasteiger partial charge in [0.1, 0.15) is 0 Å². The minimum absolute atomic E-state index is 0.257. The summed E-state index contributed by atoms with van der Waals surface area (Å²) in [5.41, 5.74) is 2.31. The summed E-state index contributed by atoms with van der Waals surface area (Å²) in [5, 5.41) is 3.38. The van der Waals surface area contributed by atoms with Gasteiger partial charge >= 0.3 is 0 Å². The van der Waals surface area contributed by atoms with Gasteiger partial charge in [0.05, 0.1) is 0 Å². The molecule has 1 saturated heterocycles. The van der Waals surface area contributed by atoms with Crippen LogP contribution in [0, 0.1) is 0 Å². The van der Waals surface area contributed by atoms with Crippen molar-refractivity contribution < 1.29 is 4.79 Å². The average Bonchev–Trinajstić information content (AvgIpc) is 2.90. The van der Waals surface area contributed by atoms with Crippen LogP contribution in [0.15, 0.2) is 24.3 Å². The molecule has 0 spiro atoms. The fourth-order valence-corrected chi connectivity index (χ4v) is 3.11. The maximum Gasteiger partial charge on any atom is 0.228 e. The van der Waals surface area contributed by atoms with E-state index in [2.05, 4.69) is 22.3 Å². The standard InChI is InChI=1S/C16H23N3O/c20-16(7-11-18-9-3-4-10-18)19-12-8-17-13-14-5-1-2-6-15(14)19/h1-2,5-6,17H,3-4,7-13H2. The second-order valence-corrected chi connectivity index (χ2v) is 5.65. The van der Waals surface area contributed by atoms with Crippen molar-refractivity contribution in [2.75, 3.05) is 37.6 Å². The molecule has 1 fully saturated rings. The summed E-state index contributed by atoms with van der Waals surface area (Å²) in [6.45, 7) is 5.72. The van der Waals surface area contributed by atoms with Gasteiger partial charge < -0.3 is 15.1 Å². The van der Waals surface area contributed by atoms with Gasteiger partial charge in [-0.3, -0.25) is 4.79 Å². The molecule has 1 aromatic rings. The highest BCUT2D eigenvalue weighted by Gasteiger charge is 2.21. The summed E-state index contributed by atoms with van der Waals surface area (Å²) in [4.78, 5) is 16.9. The SMILES string of the molecule is O=C(CCN1CCCC1)N1CCNCc2ccccc21. The Labute approximate surface area is 120 Å². The number of hydrogen-bond donors (Lipinski definition) is 1. The number of fused-ring (bicyclic) bond motifs is 1. The molecule has 108 valence electrons. The number of para-hydroxylation sites is 1.